The van der Waals surface area contributed by atoms with Gasteiger partial charge in [-0.15, -0.1) is 0 Å². The van der Waals surface area contributed by atoms with Gasteiger partial charge in [-0.25, -0.2) is 0 Å². The van der Waals surface area contributed by atoms with E-state index in [0.29, 0.717) is 0 Å². The molecule has 0 aliphatic rings. The quantitative estimate of drug-likeness (QED) is 0.790. The smallest absolute Gasteiger partial charge is 0.0705 e. The molecule has 1 N–H and O–H groups in total. The van der Waals surface area contributed by atoms with Crippen LogP contribution in [0.1, 0.15) is 22.9 Å². The van der Waals surface area contributed by atoms with Gasteiger partial charge < -0.3 is 5.32 Å². The van der Waals surface area contributed by atoms with Crippen molar-refractivity contribution in [2.45, 2.75) is 13.0 Å². The molecule has 0 spiro atoms. The molecule has 4 heteroatoms. The Morgan fingerprint density at radius 1 is 1.00 bits per heavy atom. The third kappa shape index (κ3) is 2.38. The van der Waals surface area contributed by atoms with Gasteiger partial charge in [0.15, 0.2) is 0 Å². The largest absolute Gasteiger partial charge is 0.309 e. The van der Waals surface area contributed by atoms with Crippen molar-refractivity contribution in [1.82, 2.24) is 20.5 Å². The van der Waals surface area contributed by atoms with Crippen molar-refractivity contribution in [3.63, 3.8) is 0 Å². The maximum atomic E-state index is 4.53. The van der Waals surface area contributed by atoms with Crippen molar-refractivity contribution in [3.8, 4) is 0 Å². The van der Waals surface area contributed by atoms with Crippen molar-refractivity contribution in [1.29, 1.82) is 0 Å². The molecule has 0 saturated heterocycles. The normalized spacial score (nSPS) is 12.5. The van der Waals surface area contributed by atoms with Gasteiger partial charge in [-0.2, -0.15) is 10.2 Å². The molecule has 20 heavy (non-hydrogen) atoms. The lowest BCUT2D eigenvalue weighted by atomic mass is 9.99. The van der Waals surface area contributed by atoms with Gasteiger partial charge in [0.05, 0.1) is 17.8 Å². The van der Waals surface area contributed by atoms with Gasteiger partial charge >= 0.3 is 0 Å². The van der Waals surface area contributed by atoms with Gasteiger partial charge in [0, 0.05) is 17.3 Å². The first-order chi connectivity index (χ1) is 9.78. The molecule has 4 nitrogen and oxygen atoms in total. The van der Waals surface area contributed by atoms with E-state index in [9.17, 15) is 0 Å². The fourth-order valence-corrected chi connectivity index (χ4v) is 2.42. The maximum absolute atomic E-state index is 4.53. The van der Waals surface area contributed by atoms with Crippen LogP contribution in [-0.2, 0) is 0 Å². The number of nitrogens with zero attached hydrogens (tertiary/aromatic N) is 3. The number of aryl methyl sites for hydroxylation is 1. The molecule has 1 aromatic carbocycles. The molecule has 2 heterocycles. The molecular weight excluding hydrogens is 248 g/mol. The Balaban J connectivity index is 2.06. The third-order valence-electron chi connectivity index (χ3n) is 3.41. The minimum Gasteiger partial charge on any atom is -0.309 e. The number of rotatable bonds is 3. The van der Waals surface area contributed by atoms with E-state index in [1.54, 1.807) is 12.4 Å². The van der Waals surface area contributed by atoms with Crippen LogP contribution in [-0.4, -0.2) is 22.2 Å². The Morgan fingerprint density at radius 3 is 2.65 bits per heavy atom. The van der Waals surface area contributed by atoms with Gasteiger partial charge in [-0.1, -0.05) is 12.1 Å². The standard InChI is InChI=1S/C16H16N4/c1-11-3-4-12-9-13(5-6-15(12)20-11)16(17-2)14-7-8-18-19-10-14/h3-10,16-17H,1-2H3. The van der Waals surface area contributed by atoms with Crippen LogP contribution in [0.2, 0.25) is 0 Å². The summed E-state index contributed by atoms with van der Waals surface area (Å²) in [6.45, 7) is 2.01. The van der Waals surface area contributed by atoms with Crippen molar-refractivity contribution in [3.05, 3.63) is 65.6 Å². The van der Waals surface area contributed by atoms with Crippen molar-refractivity contribution < 1.29 is 0 Å². The zero-order valence-electron chi connectivity index (χ0n) is 11.5. The summed E-state index contributed by atoms with van der Waals surface area (Å²) < 4.78 is 0. The molecule has 3 rings (SSSR count). The predicted octanol–water partition coefficient (Wildman–Crippen LogP) is 2.64. The van der Waals surface area contributed by atoms with E-state index in [4.69, 9.17) is 0 Å². The molecule has 0 fully saturated rings. The summed E-state index contributed by atoms with van der Waals surface area (Å²) in [6.07, 6.45) is 3.50. The Bertz CT molecular complexity index is 725. The van der Waals surface area contributed by atoms with Crippen LogP contribution >= 0.6 is 0 Å². The minimum atomic E-state index is 0.108. The molecule has 0 aliphatic heterocycles. The highest BCUT2D eigenvalue weighted by Crippen LogP contribution is 2.24. The van der Waals surface area contributed by atoms with Crippen LogP contribution in [0.3, 0.4) is 0 Å². The average Bonchev–Trinajstić information content (AvgIpc) is 2.49. The lowest BCUT2D eigenvalue weighted by Crippen LogP contribution is -2.17. The number of pyridine rings is 1. The SMILES string of the molecule is CNC(c1ccnnc1)c1ccc2nc(C)ccc2c1. The molecule has 0 aliphatic carbocycles. The summed E-state index contributed by atoms with van der Waals surface area (Å²) in [6, 6.07) is 12.6. The summed E-state index contributed by atoms with van der Waals surface area (Å²) in [5, 5.41) is 12.2. The van der Waals surface area contributed by atoms with E-state index in [0.717, 1.165) is 22.2 Å². The highest BCUT2D eigenvalue weighted by molar-refractivity contribution is 5.79. The fourth-order valence-electron chi connectivity index (χ4n) is 2.42. The fraction of sp³-hybridized carbons (Fsp3) is 0.188. The Hall–Kier alpha value is -2.33. The second kappa shape index (κ2) is 5.35. The highest BCUT2D eigenvalue weighted by Gasteiger charge is 2.12. The van der Waals surface area contributed by atoms with Crippen LogP contribution in [0.5, 0.6) is 0 Å². The molecule has 2 aromatic heterocycles. The number of nitrogens with one attached hydrogen (secondary N) is 1. The van der Waals surface area contributed by atoms with Gasteiger partial charge in [0.1, 0.15) is 0 Å². The van der Waals surface area contributed by atoms with Gasteiger partial charge in [-0.05, 0) is 49.4 Å². The number of aromatic nitrogens is 3. The molecule has 3 aromatic rings. The molecule has 0 amide bonds. The van der Waals surface area contributed by atoms with E-state index in [1.807, 2.05) is 26.1 Å². The Morgan fingerprint density at radius 2 is 1.90 bits per heavy atom. The first-order valence-electron chi connectivity index (χ1n) is 6.59. The van der Waals surface area contributed by atoms with Crippen molar-refractivity contribution >= 4 is 10.9 Å². The predicted molar refractivity (Wildman–Crippen MR) is 79.4 cm³/mol. The zero-order chi connectivity index (χ0) is 13.9. The summed E-state index contributed by atoms with van der Waals surface area (Å²) in [7, 11) is 1.95. The summed E-state index contributed by atoms with van der Waals surface area (Å²) in [5.41, 5.74) is 4.35. The van der Waals surface area contributed by atoms with Crippen LogP contribution in [0.25, 0.3) is 10.9 Å². The van der Waals surface area contributed by atoms with Crippen molar-refractivity contribution in [2.24, 2.45) is 0 Å². The number of hydrogen-bond donors (Lipinski definition) is 1. The average molecular weight is 264 g/mol. The van der Waals surface area contributed by atoms with Gasteiger partial charge in [0.2, 0.25) is 0 Å². The lowest BCUT2D eigenvalue weighted by Gasteiger charge is -2.17. The van der Waals surface area contributed by atoms with E-state index >= 15 is 0 Å². The molecule has 0 bridgehead atoms. The number of fused-ring (bicyclic) bond motifs is 1. The van der Waals surface area contributed by atoms with Crippen molar-refractivity contribution in [2.75, 3.05) is 7.05 Å². The monoisotopic (exact) mass is 264 g/mol. The topological polar surface area (TPSA) is 50.7 Å². The lowest BCUT2D eigenvalue weighted by molar-refractivity contribution is 0.685. The van der Waals surface area contributed by atoms with Gasteiger partial charge in [0.25, 0.3) is 0 Å². The summed E-state index contributed by atoms with van der Waals surface area (Å²) >= 11 is 0. The molecule has 0 radical (unpaired) electrons. The molecule has 0 saturated carbocycles. The van der Waals surface area contributed by atoms with Crippen LogP contribution < -0.4 is 5.32 Å². The summed E-state index contributed by atoms with van der Waals surface area (Å²) in [4.78, 5) is 4.53. The van der Waals surface area contributed by atoms with Gasteiger partial charge in [-0.3, -0.25) is 4.98 Å². The first-order valence-corrected chi connectivity index (χ1v) is 6.59. The van der Waals surface area contributed by atoms with E-state index in [2.05, 4.69) is 44.8 Å². The second-order valence-electron chi connectivity index (χ2n) is 4.80. The van der Waals surface area contributed by atoms with E-state index in [1.165, 1.54) is 5.56 Å². The highest BCUT2D eigenvalue weighted by atomic mass is 15.1. The van der Waals surface area contributed by atoms with E-state index < -0.39 is 0 Å². The third-order valence-corrected chi connectivity index (χ3v) is 3.41. The van der Waals surface area contributed by atoms with Crippen LogP contribution in [0.4, 0.5) is 0 Å². The number of hydrogen-bond acceptors (Lipinski definition) is 4. The summed E-state index contributed by atoms with van der Waals surface area (Å²) in [5.74, 6) is 0. The molecule has 100 valence electrons. The van der Waals surface area contributed by atoms with E-state index in [-0.39, 0.29) is 6.04 Å². The molecule has 1 unspecified atom stereocenters. The Labute approximate surface area is 117 Å². The number of benzene rings is 1. The molecule has 1 atom stereocenters. The van der Waals surface area contributed by atoms with Crippen LogP contribution in [0.15, 0.2) is 48.8 Å². The Kier molecular flexibility index (Phi) is 3.39. The minimum absolute atomic E-state index is 0.108. The zero-order valence-corrected chi connectivity index (χ0v) is 11.5. The molecular formula is C16H16N4. The second-order valence-corrected chi connectivity index (χ2v) is 4.80. The van der Waals surface area contributed by atoms with Crippen LogP contribution in [0, 0.1) is 6.92 Å². The maximum Gasteiger partial charge on any atom is 0.0705 e. The first kappa shape index (κ1) is 12.7.